The minimum absolute atomic E-state index is 0.146. The highest BCUT2D eigenvalue weighted by molar-refractivity contribution is 5.86. The Morgan fingerprint density at radius 1 is 0.313 bits per heavy atom. The number of methoxy groups -OCH3 is 3. The summed E-state index contributed by atoms with van der Waals surface area (Å²) in [4.78, 5) is 44.4. The number of nitrogens with one attached hydrogen (secondary N) is 3. The second kappa shape index (κ2) is 36.1. The van der Waals surface area contributed by atoms with E-state index < -0.39 is 0 Å². The van der Waals surface area contributed by atoms with Crippen molar-refractivity contribution in [1.82, 2.24) is 30.7 Å². The molecule has 0 spiro atoms. The molecule has 0 radical (unpaired) electrons. The van der Waals surface area contributed by atoms with E-state index in [-0.39, 0.29) is 52.8 Å². The molecule has 3 amide bonds. The molecular weight excluding hydrogens is 1240 g/mol. The van der Waals surface area contributed by atoms with Gasteiger partial charge in [-0.05, 0) is 236 Å². The Hall–Kier alpha value is -9.15. The van der Waals surface area contributed by atoms with E-state index in [0.29, 0.717) is 52.2 Å². The Morgan fingerprint density at radius 2 is 0.576 bits per heavy atom. The van der Waals surface area contributed by atoms with Crippen molar-refractivity contribution in [3.05, 3.63) is 251 Å². The Labute approximate surface area is 588 Å². The van der Waals surface area contributed by atoms with Crippen molar-refractivity contribution in [2.75, 3.05) is 48.2 Å². The van der Waals surface area contributed by atoms with E-state index in [2.05, 4.69) is 129 Å². The van der Waals surface area contributed by atoms with Crippen molar-refractivity contribution in [3.63, 3.8) is 0 Å². The number of nitrogens with zero attached hydrogens (tertiary/aromatic N) is 3. The van der Waals surface area contributed by atoms with Crippen molar-refractivity contribution in [3.8, 4) is 34.5 Å². The van der Waals surface area contributed by atoms with Gasteiger partial charge in [0.15, 0.2) is 0 Å². The zero-order chi connectivity index (χ0) is 70.2. The fourth-order valence-electron chi connectivity index (χ4n) is 12.8. The number of hydrogen-bond acceptors (Lipinski definition) is 12. The van der Waals surface area contributed by atoms with Crippen molar-refractivity contribution in [1.29, 1.82) is 0 Å². The molecule has 15 nitrogen and oxygen atoms in total. The van der Waals surface area contributed by atoms with Gasteiger partial charge in [-0.2, -0.15) is 0 Å². The monoisotopic (exact) mass is 1340 g/mol. The molecule has 8 aromatic rings. The molecular formula is C84H104N6O9. The standard InChI is InChI=1S/2C30H36N2O3.C24H32N2O3/c2*1-30(2)31-28(29(33)32(30)22-25-10-5-4-6-11-25)21-24-14-18-27(19-15-24)35-20-8-7-9-23-12-16-26(34-3)17-13-23;1-24(2)25-22(23(27)26(24)3)17-19-10-14-21(15-11-19)29-16-6-5-7-18-8-12-20(28-4)13-9-18/h2*4-6,10-19,28,31H,7-9,20-22H2,1-3H3;8-15,22,25H,5-7,16-17H2,1-4H3/t2*28-;22-/m100/s1. The summed E-state index contributed by atoms with van der Waals surface area (Å²) < 4.78 is 33.3. The lowest BCUT2D eigenvalue weighted by Gasteiger charge is -2.31. The Bertz CT molecular complexity index is 3560. The SMILES string of the molecule is COc1ccc(CCCCOc2ccc(C[C@@H]3NC(C)(C)N(C)C3=O)cc2)cc1.COc1ccc(CCCCOc2ccc(C[C@@H]3NC(C)(C)N(Cc4ccccc4)C3=O)cc2)cc1.COc1ccc(CCCCOc2ccc(C[C@H]3NC(C)(C)N(Cc4ccccc4)C3=O)cc2)cc1. The van der Waals surface area contributed by atoms with E-state index in [1.807, 2.05) is 152 Å². The van der Waals surface area contributed by atoms with Crippen LogP contribution < -0.4 is 44.4 Å². The maximum atomic E-state index is 13.2. The first-order valence-electron chi connectivity index (χ1n) is 35.1. The topological polar surface area (TPSA) is 152 Å². The average Bonchev–Trinajstić information content (AvgIpc) is 1.65. The van der Waals surface area contributed by atoms with Crippen LogP contribution in [0.1, 0.15) is 125 Å². The van der Waals surface area contributed by atoms with E-state index in [0.717, 1.165) is 120 Å². The molecule has 8 aromatic carbocycles. The number of likely N-dealkylation sites (N-methyl/N-ethyl adjacent to an activating group) is 1. The third-order valence-corrected chi connectivity index (χ3v) is 18.8. The first-order valence-corrected chi connectivity index (χ1v) is 35.1. The van der Waals surface area contributed by atoms with Gasteiger partial charge in [0.1, 0.15) is 34.5 Å². The lowest BCUT2D eigenvalue weighted by molar-refractivity contribution is -0.133. The highest BCUT2D eigenvalue weighted by Gasteiger charge is 2.45. The maximum Gasteiger partial charge on any atom is 0.241 e. The molecule has 3 heterocycles. The molecule has 3 aliphatic heterocycles. The number of carbonyl (C=O) groups excluding carboxylic acids is 3. The molecule has 15 heteroatoms. The largest absolute Gasteiger partial charge is 0.497 e. The number of ether oxygens (including phenoxy) is 6. The third kappa shape index (κ3) is 22.2. The first-order chi connectivity index (χ1) is 47.8. The number of unbranched alkanes of at least 4 members (excludes halogenated alkanes) is 3. The van der Waals surface area contributed by atoms with E-state index in [1.54, 1.807) is 26.2 Å². The summed E-state index contributed by atoms with van der Waals surface area (Å²) in [7, 11) is 6.90. The van der Waals surface area contributed by atoms with Crippen LogP contribution >= 0.6 is 0 Å². The van der Waals surface area contributed by atoms with Gasteiger partial charge in [0, 0.05) is 20.1 Å². The normalized spacial score (nSPS) is 17.3. The zero-order valence-corrected chi connectivity index (χ0v) is 59.9. The summed E-state index contributed by atoms with van der Waals surface area (Å²) in [5.41, 5.74) is 8.55. The molecule has 0 unspecified atom stereocenters. The number of rotatable bonds is 31. The van der Waals surface area contributed by atoms with Crippen molar-refractivity contribution >= 4 is 17.7 Å². The Morgan fingerprint density at radius 3 is 0.848 bits per heavy atom. The summed E-state index contributed by atoms with van der Waals surface area (Å²) in [5.74, 6) is 5.73. The van der Waals surface area contributed by atoms with Gasteiger partial charge < -0.3 is 43.1 Å². The van der Waals surface area contributed by atoms with Crippen LogP contribution in [0.25, 0.3) is 0 Å². The van der Waals surface area contributed by atoms with Crippen LogP contribution in [0.5, 0.6) is 34.5 Å². The fraction of sp³-hybridized carbons (Fsp3) is 0.393. The second-order valence-electron chi connectivity index (χ2n) is 27.5. The van der Waals surface area contributed by atoms with Crippen molar-refractivity contribution < 1.29 is 42.8 Å². The molecule has 3 fully saturated rings. The quantitative estimate of drug-likeness (QED) is 0.0355. The minimum Gasteiger partial charge on any atom is -0.497 e. The van der Waals surface area contributed by atoms with Crippen LogP contribution in [0.2, 0.25) is 0 Å². The van der Waals surface area contributed by atoms with Crippen molar-refractivity contribution in [2.45, 2.75) is 167 Å². The average molecular weight is 1340 g/mol. The van der Waals surface area contributed by atoms with Gasteiger partial charge >= 0.3 is 0 Å². The Balaban J connectivity index is 0.000000174. The first kappa shape index (κ1) is 74.1. The van der Waals surface area contributed by atoms with Gasteiger partial charge in [0.25, 0.3) is 0 Å². The van der Waals surface area contributed by atoms with Gasteiger partial charge in [-0.25, -0.2) is 0 Å². The van der Waals surface area contributed by atoms with Crippen LogP contribution in [0.15, 0.2) is 206 Å². The van der Waals surface area contributed by atoms with Gasteiger partial charge in [-0.15, -0.1) is 0 Å². The van der Waals surface area contributed by atoms with E-state index in [4.69, 9.17) is 28.4 Å². The van der Waals surface area contributed by atoms with Crippen LogP contribution in [-0.4, -0.2) is 116 Å². The number of aryl methyl sites for hydroxylation is 3. The summed E-state index contributed by atoms with van der Waals surface area (Å²) in [5, 5.41) is 10.4. The second-order valence-corrected chi connectivity index (χ2v) is 27.5. The predicted octanol–water partition coefficient (Wildman–Crippen LogP) is 14.6. The Kier molecular flexibility index (Phi) is 27.0. The molecule has 524 valence electrons. The van der Waals surface area contributed by atoms with Crippen LogP contribution in [-0.2, 0) is 66.0 Å². The maximum absolute atomic E-state index is 13.2. The molecule has 0 aromatic heterocycles. The van der Waals surface area contributed by atoms with Crippen LogP contribution in [0, 0.1) is 0 Å². The minimum atomic E-state index is -0.382. The van der Waals surface area contributed by atoms with Crippen LogP contribution in [0.4, 0.5) is 0 Å². The third-order valence-electron chi connectivity index (χ3n) is 18.8. The van der Waals surface area contributed by atoms with Crippen LogP contribution in [0.3, 0.4) is 0 Å². The molecule has 0 bridgehead atoms. The molecule has 99 heavy (non-hydrogen) atoms. The number of hydrogen-bond donors (Lipinski definition) is 3. The molecule has 0 saturated carbocycles. The lowest BCUT2D eigenvalue weighted by atomic mass is 10.1. The smallest absolute Gasteiger partial charge is 0.241 e. The molecule has 3 atom stereocenters. The zero-order valence-electron chi connectivity index (χ0n) is 59.9. The summed E-state index contributed by atoms with van der Waals surface area (Å²) in [6.45, 7) is 15.6. The fourth-order valence-corrected chi connectivity index (χ4v) is 12.8. The van der Waals surface area contributed by atoms with E-state index in [1.165, 1.54) is 16.7 Å². The molecule has 3 aliphatic rings. The van der Waals surface area contributed by atoms with Gasteiger partial charge in [0.2, 0.25) is 17.7 Å². The highest BCUT2D eigenvalue weighted by Crippen LogP contribution is 2.30. The van der Waals surface area contributed by atoms with Gasteiger partial charge in [0.05, 0.1) is 76.3 Å². The summed E-state index contributed by atoms with van der Waals surface area (Å²) in [6, 6.07) is 68.7. The molecule has 11 rings (SSSR count). The summed E-state index contributed by atoms with van der Waals surface area (Å²) >= 11 is 0. The lowest BCUT2D eigenvalue weighted by Crippen LogP contribution is -2.46. The summed E-state index contributed by atoms with van der Waals surface area (Å²) in [6.07, 6.45) is 11.4. The molecule has 3 N–H and O–H groups in total. The predicted molar refractivity (Wildman–Crippen MR) is 394 cm³/mol. The molecule has 3 saturated heterocycles. The number of carbonyl (C=O) groups is 3. The van der Waals surface area contributed by atoms with E-state index >= 15 is 0 Å². The number of amides is 3. The van der Waals surface area contributed by atoms with Gasteiger partial charge in [-0.3, -0.25) is 30.3 Å². The van der Waals surface area contributed by atoms with E-state index in [9.17, 15) is 14.4 Å². The van der Waals surface area contributed by atoms with Crippen molar-refractivity contribution in [2.24, 2.45) is 0 Å². The molecule has 0 aliphatic carbocycles. The van der Waals surface area contributed by atoms with Gasteiger partial charge in [-0.1, -0.05) is 133 Å². The highest BCUT2D eigenvalue weighted by atomic mass is 16.5. The number of benzene rings is 8.